The van der Waals surface area contributed by atoms with Gasteiger partial charge in [-0.05, 0) is 17.5 Å². The minimum Gasteiger partial charge on any atom is -0.418 e. The minimum atomic E-state index is -6.00. The van der Waals surface area contributed by atoms with Gasteiger partial charge in [-0.2, -0.15) is 9.13 Å². The number of rotatable bonds is 2. The number of hydrogen-bond acceptors (Lipinski definition) is 1. The van der Waals surface area contributed by atoms with Gasteiger partial charge in [0.2, 0.25) is 11.2 Å². The summed E-state index contributed by atoms with van der Waals surface area (Å²) in [4.78, 5) is 0. The zero-order valence-corrected chi connectivity index (χ0v) is 19.5. The molecule has 0 atom stereocenters. The van der Waals surface area contributed by atoms with Crippen LogP contribution in [0.2, 0.25) is 0 Å². The van der Waals surface area contributed by atoms with Gasteiger partial charge in [-0.15, -0.1) is 0 Å². The monoisotopic (exact) mass is 528 g/mol. The first kappa shape index (κ1) is 27.1. The van der Waals surface area contributed by atoms with E-state index in [1.54, 1.807) is 0 Å². The van der Waals surface area contributed by atoms with E-state index in [0.29, 0.717) is 0 Å². The molecule has 2 nitrogen and oxygen atoms in total. The van der Waals surface area contributed by atoms with Crippen molar-refractivity contribution in [1.82, 2.24) is 0 Å². The Bertz CT molecular complexity index is 1410. The average molecular weight is 528 g/mol. The molecule has 0 aliphatic carbocycles. The maximum atomic E-state index is 9.75. The molecule has 0 bridgehead atoms. The molecule has 5 rings (SSSR count). The van der Waals surface area contributed by atoms with Crippen molar-refractivity contribution in [2.75, 3.05) is 0 Å². The predicted molar refractivity (Wildman–Crippen MR) is 128 cm³/mol. The van der Waals surface area contributed by atoms with Crippen LogP contribution in [-0.4, -0.2) is 14.5 Å². The summed E-state index contributed by atoms with van der Waals surface area (Å²) < 4.78 is 83.8. The highest BCUT2D eigenvalue weighted by Gasteiger charge is 2.22. The van der Waals surface area contributed by atoms with Crippen LogP contribution < -0.4 is 9.13 Å². The van der Waals surface area contributed by atoms with Crippen molar-refractivity contribution in [1.29, 1.82) is 0 Å². The average Bonchev–Trinajstić information content (AvgIpc) is 3.14. The molecular formula is C23H18B2F8N2S. The Morgan fingerprint density at radius 2 is 1.17 bits per heavy atom. The molecule has 0 aliphatic heterocycles. The number of hydrogen-bond donors (Lipinski definition) is 0. The van der Waals surface area contributed by atoms with Crippen molar-refractivity contribution in [2.24, 2.45) is 7.05 Å². The van der Waals surface area contributed by atoms with E-state index in [0.717, 1.165) is 0 Å². The van der Waals surface area contributed by atoms with E-state index in [1.165, 1.54) is 37.2 Å². The Kier molecular flexibility index (Phi) is 8.34. The van der Waals surface area contributed by atoms with Crippen molar-refractivity contribution in [3.63, 3.8) is 0 Å². The second-order valence-corrected chi connectivity index (χ2v) is 8.45. The lowest BCUT2D eigenvalue weighted by Gasteiger charge is -1.98. The summed E-state index contributed by atoms with van der Waals surface area (Å²) in [6, 6.07) is 27.8. The fourth-order valence-electron chi connectivity index (χ4n) is 3.53. The number of pyridine rings is 1. The molecule has 0 saturated carbocycles. The van der Waals surface area contributed by atoms with Crippen LogP contribution in [0.4, 0.5) is 34.5 Å². The number of benzene rings is 3. The molecule has 0 radical (unpaired) electrons. The lowest BCUT2D eigenvalue weighted by molar-refractivity contribution is -0.629. The van der Waals surface area contributed by atoms with Gasteiger partial charge in [0.15, 0.2) is 12.4 Å². The van der Waals surface area contributed by atoms with Crippen molar-refractivity contribution in [3.8, 4) is 16.3 Å². The van der Waals surface area contributed by atoms with Gasteiger partial charge in [0.05, 0.1) is 10.9 Å². The molecule has 0 spiro atoms. The SMILES string of the molecule is C[n+]1c(-c2cc[n+](-c3ccccc3)cc2)sc2ccc3ccccc3c21.F[B-](F)(F)F.F[B-](F)(F)F. The van der Waals surface area contributed by atoms with E-state index in [2.05, 4.69) is 101 Å². The van der Waals surface area contributed by atoms with Crippen molar-refractivity contribution >= 4 is 46.8 Å². The molecule has 188 valence electrons. The summed E-state index contributed by atoms with van der Waals surface area (Å²) in [5, 5.41) is 3.87. The van der Waals surface area contributed by atoms with Crippen LogP contribution in [0, 0.1) is 0 Å². The largest absolute Gasteiger partial charge is 0.673 e. The highest BCUT2D eigenvalue weighted by atomic mass is 32.1. The van der Waals surface area contributed by atoms with Crippen LogP contribution in [0.5, 0.6) is 0 Å². The van der Waals surface area contributed by atoms with Crippen molar-refractivity contribution in [3.05, 3.63) is 91.3 Å². The molecule has 0 aliphatic rings. The first-order valence-corrected chi connectivity index (χ1v) is 11.2. The molecule has 2 heterocycles. The maximum absolute atomic E-state index is 9.75. The molecule has 0 unspecified atom stereocenters. The van der Waals surface area contributed by atoms with Gasteiger partial charge in [-0.25, -0.2) is 0 Å². The molecule has 2 aromatic heterocycles. The summed E-state index contributed by atoms with van der Waals surface area (Å²) in [6.07, 6.45) is 4.26. The number of para-hydroxylation sites is 1. The molecule has 0 N–H and O–H groups in total. The third-order valence-corrected chi connectivity index (χ3v) is 6.09. The van der Waals surface area contributed by atoms with Gasteiger partial charge < -0.3 is 34.5 Å². The van der Waals surface area contributed by atoms with Gasteiger partial charge in [-0.1, -0.05) is 53.8 Å². The Labute approximate surface area is 205 Å². The third kappa shape index (κ3) is 7.77. The van der Waals surface area contributed by atoms with Gasteiger partial charge in [0.1, 0.15) is 11.7 Å². The predicted octanol–water partition coefficient (Wildman–Crippen LogP) is 7.42. The molecule has 0 fully saturated rings. The smallest absolute Gasteiger partial charge is 0.418 e. The lowest BCUT2D eigenvalue weighted by Crippen LogP contribution is -2.31. The van der Waals surface area contributed by atoms with E-state index < -0.39 is 14.5 Å². The van der Waals surface area contributed by atoms with Gasteiger partial charge in [0.25, 0.3) is 5.01 Å². The van der Waals surface area contributed by atoms with Crippen LogP contribution >= 0.6 is 11.3 Å². The van der Waals surface area contributed by atoms with E-state index in [1.807, 2.05) is 17.4 Å². The zero-order chi connectivity index (χ0) is 26.5. The zero-order valence-electron chi connectivity index (χ0n) is 18.6. The second-order valence-electron chi connectivity index (χ2n) is 7.42. The Morgan fingerprint density at radius 1 is 0.639 bits per heavy atom. The van der Waals surface area contributed by atoms with Crippen molar-refractivity contribution in [2.45, 2.75) is 0 Å². The number of thiazole rings is 1. The van der Waals surface area contributed by atoms with Crippen LogP contribution in [0.3, 0.4) is 0 Å². The molecule has 5 aromatic rings. The Morgan fingerprint density at radius 3 is 1.75 bits per heavy atom. The number of aromatic nitrogens is 2. The van der Waals surface area contributed by atoms with E-state index >= 15 is 0 Å². The number of nitrogens with zero attached hydrogens (tertiary/aromatic N) is 2. The number of halogens is 8. The van der Waals surface area contributed by atoms with E-state index in [9.17, 15) is 34.5 Å². The lowest BCUT2D eigenvalue weighted by atomic mass is 10.1. The van der Waals surface area contributed by atoms with Crippen LogP contribution in [0.1, 0.15) is 0 Å². The molecule has 0 saturated heterocycles. The first-order valence-electron chi connectivity index (χ1n) is 10.4. The fraction of sp³-hybridized carbons (Fsp3) is 0.0435. The quantitative estimate of drug-likeness (QED) is 0.128. The summed E-state index contributed by atoms with van der Waals surface area (Å²) in [7, 11) is -9.83. The molecule has 0 amide bonds. The van der Waals surface area contributed by atoms with Gasteiger partial charge >= 0.3 is 14.5 Å². The summed E-state index contributed by atoms with van der Waals surface area (Å²) in [6.45, 7) is 0. The Balaban J connectivity index is 0.000000310. The van der Waals surface area contributed by atoms with Gasteiger partial charge in [0, 0.05) is 24.3 Å². The highest BCUT2D eigenvalue weighted by molar-refractivity contribution is 7.21. The van der Waals surface area contributed by atoms with Gasteiger partial charge in [-0.3, -0.25) is 0 Å². The maximum Gasteiger partial charge on any atom is 0.673 e. The highest BCUT2D eigenvalue weighted by Crippen LogP contribution is 2.32. The van der Waals surface area contributed by atoms with Crippen LogP contribution in [-0.2, 0) is 7.05 Å². The van der Waals surface area contributed by atoms with Crippen LogP contribution in [0.15, 0.2) is 91.3 Å². The van der Waals surface area contributed by atoms with E-state index in [-0.39, 0.29) is 0 Å². The normalized spacial score (nSPS) is 11.5. The van der Waals surface area contributed by atoms with Crippen LogP contribution in [0.25, 0.3) is 37.2 Å². The molecule has 3 aromatic carbocycles. The molecule has 36 heavy (non-hydrogen) atoms. The third-order valence-electron chi connectivity index (χ3n) is 4.84. The van der Waals surface area contributed by atoms with Crippen molar-refractivity contribution < 1.29 is 43.7 Å². The Hall–Kier alpha value is -3.47. The number of aryl methyl sites for hydroxylation is 1. The topological polar surface area (TPSA) is 7.76 Å². The van der Waals surface area contributed by atoms with E-state index in [4.69, 9.17) is 0 Å². The minimum absolute atomic E-state index is 1.17. The second kappa shape index (κ2) is 11.1. The fourth-order valence-corrected chi connectivity index (χ4v) is 4.70. The molecular weight excluding hydrogens is 510 g/mol. The molecule has 13 heteroatoms. The first-order chi connectivity index (χ1) is 16.8. The summed E-state index contributed by atoms with van der Waals surface area (Å²) in [5.74, 6) is 0. The summed E-state index contributed by atoms with van der Waals surface area (Å²) in [5.41, 5.74) is 3.72. The summed E-state index contributed by atoms with van der Waals surface area (Å²) >= 11 is 1.85. The standard InChI is InChI=1S/C23H18N2S.2BF4/c1-24-22-20-10-6-5-7-17(20)11-12-21(22)26-23(24)18-13-15-25(16-14-18)19-8-3-2-4-9-19;2*2-1(3,4)5/h2-16H,1H3;;/q+2;2*-1. The number of fused-ring (bicyclic) bond motifs is 3.